The van der Waals surface area contributed by atoms with Gasteiger partial charge in [-0.3, -0.25) is 4.79 Å². The molecular weight excluding hydrogens is 367 g/mol. The van der Waals surface area contributed by atoms with Crippen molar-refractivity contribution in [2.75, 3.05) is 27.2 Å². The van der Waals surface area contributed by atoms with Gasteiger partial charge in [0.05, 0.1) is 0 Å². The third-order valence-electron chi connectivity index (χ3n) is 2.90. The van der Waals surface area contributed by atoms with E-state index in [2.05, 4.69) is 41.6 Å². The summed E-state index contributed by atoms with van der Waals surface area (Å²) in [7, 11) is 3.49. The van der Waals surface area contributed by atoms with Crippen molar-refractivity contribution >= 4 is 35.8 Å². The number of guanidine groups is 1. The predicted molar refractivity (Wildman–Crippen MR) is 94.5 cm³/mol. The Morgan fingerprint density at radius 3 is 2.45 bits per heavy atom. The van der Waals surface area contributed by atoms with Crippen LogP contribution in [0.4, 0.5) is 0 Å². The molecule has 0 atom stereocenters. The molecule has 0 spiro atoms. The number of rotatable bonds is 5. The van der Waals surface area contributed by atoms with Crippen molar-refractivity contribution in [2.24, 2.45) is 10.9 Å². The third-order valence-corrected chi connectivity index (χ3v) is 2.90. The van der Waals surface area contributed by atoms with Gasteiger partial charge in [-0.2, -0.15) is 0 Å². The van der Waals surface area contributed by atoms with Gasteiger partial charge < -0.3 is 15.5 Å². The molecule has 2 N–H and O–H groups in total. The van der Waals surface area contributed by atoms with Crippen molar-refractivity contribution < 1.29 is 4.79 Å². The number of aliphatic imine (C=N–C) groups is 1. The smallest absolute Gasteiger partial charge is 0.243 e. The first kappa shape index (κ1) is 19.2. The average Bonchev–Trinajstić information content (AvgIpc) is 2.84. The van der Waals surface area contributed by atoms with E-state index in [1.54, 1.807) is 19.0 Å². The zero-order valence-corrected chi connectivity index (χ0v) is 15.2. The van der Waals surface area contributed by atoms with Crippen molar-refractivity contribution in [2.45, 2.75) is 32.7 Å². The Morgan fingerprint density at radius 2 is 1.95 bits per heavy atom. The second kappa shape index (κ2) is 10.0. The monoisotopic (exact) mass is 394 g/mol. The minimum Gasteiger partial charge on any atom is -0.356 e. The minimum absolute atomic E-state index is 0. The van der Waals surface area contributed by atoms with E-state index < -0.39 is 0 Å². The van der Waals surface area contributed by atoms with Gasteiger partial charge in [-0.15, -0.1) is 24.0 Å². The first-order chi connectivity index (χ1) is 8.99. The Hall–Kier alpha value is -0.790. The van der Waals surface area contributed by atoms with Crippen LogP contribution in [0.2, 0.25) is 0 Å². The van der Waals surface area contributed by atoms with Crippen molar-refractivity contribution in [1.29, 1.82) is 0 Å². The van der Waals surface area contributed by atoms with Crippen LogP contribution < -0.4 is 10.6 Å². The number of amides is 1. The van der Waals surface area contributed by atoms with Crippen LogP contribution in [0, 0.1) is 5.92 Å². The summed E-state index contributed by atoms with van der Waals surface area (Å²) >= 11 is 0. The number of halogens is 1. The van der Waals surface area contributed by atoms with E-state index >= 15 is 0 Å². The molecule has 0 radical (unpaired) electrons. The minimum atomic E-state index is 0. The molecule has 116 valence electrons. The van der Waals surface area contributed by atoms with Gasteiger partial charge in [-0.25, -0.2) is 4.99 Å². The van der Waals surface area contributed by atoms with Crippen LogP contribution in [0.15, 0.2) is 17.1 Å². The maximum atomic E-state index is 11.6. The van der Waals surface area contributed by atoms with Gasteiger partial charge in [-0.05, 0) is 18.8 Å². The molecule has 20 heavy (non-hydrogen) atoms. The Labute approximate surface area is 139 Å². The summed E-state index contributed by atoms with van der Waals surface area (Å²) < 4.78 is 0. The third kappa shape index (κ3) is 7.72. The highest BCUT2D eigenvalue weighted by molar-refractivity contribution is 14.0. The highest BCUT2D eigenvalue weighted by atomic mass is 127. The molecule has 1 aliphatic rings. The van der Waals surface area contributed by atoms with E-state index in [4.69, 9.17) is 0 Å². The van der Waals surface area contributed by atoms with Crippen LogP contribution in [0.5, 0.6) is 0 Å². The molecule has 0 aromatic carbocycles. The van der Waals surface area contributed by atoms with Gasteiger partial charge >= 0.3 is 0 Å². The Bertz CT molecular complexity index is 345. The van der Waals surface area contributed by atoms with Gasteiger partial charge in [0.2, 0.25) is 5.91 Å². The fraction of sp³-hybridized carbons (Fsp3) is 0.714. The average molecular weight is 394 g/mol. The maximum Gasteiger partial charge on any atom is 0.243 e. The molecule has 0 fully saturated rings. The molecule has 1 aliphatic carbocycles. The summed E-state index contributed by atoms with van der Waals surface area (Å²) in [6.45, 7) is 5.32. The van der Waals surface area contributed by atoms with Crippen LogP contribution in [-0.4, -0.2) is 50.0 Å². The summed E-state index contributed by atoms with van der Waals surface area (Å²) in [6.07, 6.45) is 6.37. The van der Waals surface area contributed by atoms with E-state index in [9.17, 15) is 4.79 Å². The molecule has 0 aromatic rings. The predicted octanol–water partition coefficient (Wildman–Crippen LogP) is 1.60. The van der Waals surface area contributed by atoms with Crippen LogP contribution >= 0.6 is 24.0 Å². The summed E-state index contributed by atoms with van der Waals surface area (Å²) in [4.78, 5) is 17.5. The normalized spacial score (nSPS) is 15.2. The number of likely N-dealkylation sites (N-methyl/N-ethyl adjacent to an activating group) is 1. The molecule has 5 nitrogen and oxygen atoms in total. The van der Waals surface area contributed by atoms with Gasteiger partial charge in [0, 0.05) is 26.7 Å². The quantitative estimate of drug-likeness (QED) is 0.322. The number of hydrogen-bond donors (Lipinski definition) is 2. The lowest BCUT2D eigenvalue weighted by Gasteiger charge is -2.18. The van der Waals surface area contributed by atoms with E-state index in [0.29, 0.717) is 12.0 Å². The molecule has 0 unspecified atom stereocenters. The molecule has 1 amide bonds. The van der Waals surface area contributed by atoms with Gasteiger partial charge in [0.1, 0.15) is 6.54 Å². The molecule has 0 saturated heterocycles. The number of nitrogens with zero attached hydrogens (tertiary/aromatic N) is 2. The standard InChI is InChI=1S/C14H26N4O.HI/c1-11(2)9-15-14(16-10-13(19)18(3)4)17-12-7-5-6-8-12;/h5-6,11-12H,7-10H2,1-4H3,(H2,15,16,17);1H. The van der Waals surface area contributed by atoms with E-state index in [1.807, 2.05) is 0 Å². The highest BCUT2D eigenvalue weighted by Gasteiger charge is 2.12. The van der Waals surface area contributed by atoms with Crippen LogP contribution in [-0.2, 0) is 4.79 Å². The second-order valence-electron chi connectivity index (χ2n) is 5.51. The van der Waals surface area contributed by atoms with Crippen molar-refractivity contribution in [3.05, 3.63) is 12.2 Å². The van der Waals surface area contributed by atoms with Gasteiger partial charge in [-0.1, -0.05) is 26.0 Å². The Balaban J connectivity index is 0.00000361. The van der Waals surface area contributed by atoms with Crippen LogP contribution in [0.25, 0.3) is 0 Å². The zero-order valence-electron chi connectivity index (χ0n) is 12.8. The lowest BCUT2D eigenvalue weighted by Crippen LogP contribution is -2.44. The van der Waals surface area contributed by atoms with E-state index in [1.165, 1.54) is 0 Å². The summed E-state index contributed by atoms with van der Waals surface area (Å²) in [5.41, 5.74) is 0. The summed E-state index contributed by atoms with van der Waals surface area (Å²) in [5.74, 6) is 1.28. The fourth-order valence-electron chi connectivity index (χ4n) is 1.67. The lowest BCUT2D eigenvalue weighted by molar-refractivity contribution is -0.127. The number of nitrogens with one attached hydrogen (secondary N) is 2. The molecule has 0 heterocycles. The first-order valence-corrected chi connectivity index (χ1v) is 6.89. The SMILES string of the molecule is CC(C)CNC(=NCC(=O)N(C)C)NC1CC=CC1.I. The van der Waals surface area contributed by atoms with Gasteiger partial charge in [0.25, 0.3) is 0 Å². The molecule has 6 heteroatoms. The van der Waals surface area contributed by atoms with Crippen LogP contribution in [0.1, 0.15) is 26.7 Å². The van der Waals surface area contributed by atoms with Crippen molar-refractivity contribution in [3.63, 3.8) is 0 Å². The fourth-order valence-corrected chi connectivity index (χ4v) is 1.67. The molecule has 0 aromatic heterocycles. The number of carbonyl (C=O) groups excluding carboxylic acids is 1. The molecule has 1 rings (SSSR count). The second-order valence-corrected chi connectivity index (χ2v) is 5.51. The summed E-state index contributed by atoms with van der Waals surface area (Å²) in [5, 5.41) is 6.65. The lowest BCUT2D eigenvalue weighted by atomic mass is 10.2. The zero-order chi connectivity index (χ0) is 14.3. The maximum absolute atomic E-state index is 11.6. The van der Waals surface area contributed by atoms with Crippen molar-refractivity contribution in [1.82, 2.24) is 15.5 Å². The van der Waals surface area contributed by atoms with Crippen LogP contribution in [0.3, 0.4) is 0 Å². The molecule has 0 aliphatic heterocycles. The molecular formula is C14H27IN4O. The van der Waals surface area contributed by atoms with Crippen molar-refractivity contribution in [3.8, 4) is 0 Å². The highest BCUT2D eigenvalue weighted by Crippen LogP contribution is 2.08. The largest absolute Gasteiger partial charge is 0.356 e. The van der Waals surface area contributed by atoms with E-state index in [-0.39, 0.29) is 36.4 Å². The first-order valence-electron chi connectivity index (χ1n) is 6.89. The number of carbonyl (C=O) groups is 1. The summed E-state index contributed by atoms with van der Waals surface area (Å²) in [6, 6.07) is 0.396. The Morgan fingerprint density at radius 1 is 1.35 bits per heavy atom. The van der Waals surface area contributed by atoms with E-state index in [0.717, 1.165) is 25.3 Å². The number of hydrogen-bond acceptors (Lipinski definition) is 2. The molecule has 0 bridgehead atoms. The topological polar surface area (TPSA) is 56.7 Å². The Kier molecular flexibility index (Phi) is 9.62. The van der Waals surface area contributed by atoms with Gasteiger partial charge in [0.15, 0.2) is 5.96 Å². The molecule has 0 saturated carbocycles.